The van der Waals surface area contributed by atoms with Crippen LogP contribution in [0.2, 0.25) is 0 Å². The predicted molar refractivity (Wildman–Crippen MR) is 81.7 cm³/mol. The standard InChI is InChI=1S/C19H15F3O2/c20-19(21,22)10-24-18(23)16-9-15-11-5-1-3-7-13(11)17(16)14-8-4-2-6-12(14)15/h1-8,15-17H,9-10H2. The second-order valence-electron chi connectivity index (χ2n) is 6.35. The van der Waals surface area contributed by atoms with Gasteiger partial charge >= 0.3 is 12.1 Å². The van der Waals surface area contributed by atoms with E-state index in [0.717, 1.165) is 11.1 Å². The molecule has 1 atom stereocenters. The molecule has 0 amide bonds. The van der Waals surface area contributed by atoms with Gasteiger partial charge in [0.1, 0.15) is 0 Å². The maximum Gasteiger partial charge on any atom is 0.422 e. The number of ether oxygens (including phenoxy) is 1. The van der Waals surface area contributed by atoms with Gasteiger partial charge in [-0.3, -0.25) is 4.79 Å². The highest BCUT2D eigenvalue weighted by atomic mass is 19.4. The van der Waals surface area contributed by atoms with Gasteiger partial charge in [0.25, 0.3) is 0 Å². The maximum atomic E-state index is 12.4. The first-order valence-electron chi connectivity index (χ1n) is 7.87. The molecule has 24 heavy (non-hydrogen) atoms. The van der Waals surface area contributed by atoms with Crippen molar-refractivity contribution in [2.24, 2.45) is 5.92 Å². The van der Waals surface area contributed by atoms with Crippen LogP contribution in [0.5, 0.6) is 0 Å². The lowest BCUT2D eigenvalue weighted by Crippen LogP contribution is -2.38. The number of esters is 1. The van der Waals surface area contributed by atoms with E-state index in [1.165, 1.54) is 11.1 Å². The minimum atomic E-state index is -4.50. The van der Waals surface area contributed by atoms with Gasteiger partial charge in [-0.1, -0.05) is 48.5 Å². The molecule has 2 bridgehead atoms. The van der Waals surface area contributed by atoms with Gasteiger partial charge in [-0.15, -0.1) is 0 Å². The van der Waals surface area contributed by atoms with Crippen LogP contribution in [-0.4, -0.2) is 18.8 Å². The lowest BCUT2D eigenvalue weighted by molar-refractivity contribution is -0.190. The second-order valence-corrected chi connectivity index (χ2v) is 6.35. The number of carbonyl (C=O) groups is 1. The number of fused-ring (bicyclic) bond motifs is 1. The number of benzene rings is 2. The molecule has 0 N–H and O–H groups in total. The van der Waals surface area contributed by atoms with Gasteiger partial charge < -0.3 is 4.74 Å². The zero-order valence-electron chi connectivity index (χ0n) is 12.7. The topological polar surface area (TPSA) is 26.3 Å². The molecule has 0 aliphatic heterocycles. The van der Waals surface area contributed by atoms with Gasteiger partial charge in [0.05, 0.1) is 5.92 Å². The van der Waals surface area contributed by atoms with E-state index in [-0.39, 0.29) is 11.8 Å². The number of alkyl halides is 3. The van der Waals surface area contributed by atoms with Gasteiger partial charge in [-0.05, 0) is 28.7 Å². The van der Waals surface area contributed by atoms with E-state index in [2.05, 4.69) is 4.74 Å². The first-order valence-corrected chi connectivity index (χ1v) is 7.87. The lowest BCUT2D eigenvalue weighted by Gasteiger charge is -2.44. The summed E-state index contributed by atoms with van der Waals surface area (Å²) in [6, 6.07) is 15.7. The van der Waals surface area contributed by atoms with Gasteiger partial charge in [0, 0.05) is 11.8 Å². The molecule has 3 aliphatic carbocycles. The molecule has 2 nitrogen and oxygen atoms in total. The van der Waals surface area contributed by atoms with Crippen molar-refractivity contribution in [2.45, 2.75) is 24.4 Å². The van der Waals surface area contributed by atoms with Crippen molar-refractivity contribution in [1.82, 2.24) is 0 Å². The van der Waals surface area contributed by atoms with Crippen molar-refractivity contribution in [3.8, 4) is 0 Å². The summed E-state index contributed by atoms with van der Waals surface area (Å²) in [4.78, 5) is 12.3. The Bertz CT molecular complexity index is 750. The van der Waals surface area contributed by atoms with Crippen LogP contribution < -0.4 is 0 Å². The van der Waals surface area contributed by atoms with Gasteiger partial charge in [0.2, 0.25) is 0 Å². The fraction of sp³-hybridized carbons (Fsp3) is 0.316. The first kappa shape index (κ1) is 15.2. The minimum Gasteiger partial charge on any atom is -0.456 e. The Hall–Kier alpha value is -2.30. The normalized spacial score (nSPS) is 24.2. The third-order valence-corrected chi connectivity index (χ3v) is 4.99. The Kier molecular flexibility index (Phi) is 3.41. The largest absolute Gasteiger partial charge is 0.456 e. The van der Waals surface area contributed by atoms with Crippen LogP contribution in [0, 0.1) is 5.92 Å². The van der Waals surface area contributed by atoms with Crippen molar-refractivity contribution in [3.63, 3.8) is 0 Å². The summed E-state index contributed by atoms with van der Waals surface area (Å²) in [6.45, 7) is -1.52. The van der Waals surface area contributed by atoms with E-state index in [9.17, 15) is 18.0 Å². The van der Waals surface area contributed by atoms with Crippen molar-refractivity contribution >= 4 is 5.97 Å². The quantitative estimate of drug-likeness (QED) is 0.763. The molecule has 0 saturated carbocycles. The molecule has 0 saturated heterocycles. The highest BCUT2D eigenvalue weighted by molar-refractivity contribution is 5.77. The first-order chi connectivity index (χ1) is 11.5. The van der Waals surface area contributed by atoms with Crippen molar-refractivity contribution in [2.75, 3.05) is 6.61 Å². The minimum absolute atomic E-state index is 0.0332. The number of halogens is 3. The van der Waals surface area contributed by atoms with Crippen LogP contribution in [-0.2, 0) is 9.53 Å². The monoisotopic (exact) mass is 332 g/mol. The highest BCUT2D eigenvalue weighted by Gasteiger charge is 2.47. The third-order valence-electron chi connectivity index (χ3n) is 4.99. The Morgan fingerprint density at radius 3 is 1.96 bits per heavy atom. The fourth-order valence-corrected chi connectivity index (χ4v) is 4.13. The molecule has 0 spiro atoms. The van der Waals surface area contributed by atoms with E-state index in [0.29, 0.717) is 6.42 Å². The summed E-state index contributed by atoms with van der Waals surface area (Å²) in [5.74, 6) is -1.53. The highest BCUT2D eigenvalue weighted by Crippen LogP contribution is 2.55. The van der Waals surface area contributed by atoms with Crippen LogP contribution >= 0.6 is 0 Å². The summed E-state index contributed by atoms with van der Waals surface area (Å²) in [5.41, 5.74) is 4.39. The Morgan fingerprint density at radius 2 is 1.46 bits per heavy atom. The fourth-order valence-electron chi connectivity index (χ4n) is 4.13. The van der Waals surface area contributed by atoms with Crippen LogP contribution in [0.1, 0.15) is 40.5 Å². The zero-order chi connectivity index (χ0) is 16.9. The SMILES string of the molecule is O=C(OCC(F)(F)F)C1CC2c3ccccc3C1c1ccccc12. The van der Waals surface area contributed by atoms with E-state index in [1.54, 1.807) is 0 Å². The summed E-state index contributed by atoms with van der Waals surface area (Å²) < 4.78 is 41.7. The third kappa shape index (κ3) is 2.39. The molecule has 1 unspecified atom stereocenters. The van der Waals surface area contributed by atoms with E-state index in [1.807, 2.05) is 48.5 Å². The summed E-state index contributed by atoms with van der Waals surface area (Å²) in [7, 11) is 0. The smallest absolute Gasteiger partial charge is 0.422 e. The maximum absolute atomic E-state index is 12.4. The van der Waals surface area contributed by atoms with E-state index < -0.39 is 24.7 Å². The number of rotatable bonds is 2. The van der Waals surface area contributed by atoms with Gasteiger partial charge in [-0.2, -0.15) is 13.2 Å². The molecule has 0 radical (unpaired) electrons. The van der Waals surface area contributed by atoms with Crippen molar-refractivity contribution in [1.29, 1.82) is 0 Å². The molecular weight excluding hydrogens is 317 g/mol. The molecule has 5 rings (SSSR count). The van der Waals surface area contributed by atoms with E-state index >= 15 is 0 Å². The van der Waals surface area contributed by atoms with Crippen LogP contribution in [0.4, 0.5) is 13.2 Å². The molecule has 2 aromatic rings. The number of hydrogen-bond donors (Lipinski definition) is 0. The van der Waals surface area contributed by atoms with Gasteiger partial charge in [-0.25, -0.2) is 0 Å². The molecule has 0 fully saturated rings. The Balaban J connectivity index is 1.72. The average Bonchev–Trinajstić information content (AvgIpc) is 2.59. The van der Waals surface area contributed by atoms with Crippen LogP contribution in [0.15, 0.2) is 48.5 Å². The number of carbonyl (C=O) groups excluding carboxylic acids is 1. The Labute approximate surface area is 137 Å². The zero-order valence-corrected chi connectivity index (χ0v) is 12.7. The predicted octanol–water partition coefficient (Wildman–Crippen LogP) is 4.39. The summed E-state index contributed by atoms with van der Waals surface area (Å²) >= 11 is 0. The second kappa shape index (κ2) is 5.36. The van der Waals surface area contributed by atoms with Crippen molar-refractivity contribution in [3.05, 3.63) is 70.8 Å². The molecule has 0 heterocycles. The summed E-state index contributed by atoms with van der Waals surface area (Å²) in [6.07, 6.45) is -4.01. The van der Waals surface area contributed by atoms with Gasteiger partial charge in [0.15, 0.2) is 6.61 Å². The lowest BCUT2D eigenvalue weighted by atomic mass is 9.59. The molecule has 5 heteroatoms. The molecule has 3 aliphatic rings. The molecule has 0 aromatic heterocycles. The molecule has 124 valence electrons. The Morgan fingerprint density at radius 1 is 0.958 bits per heavy atom. The molecule has 2 aromatic carbocycles. The average molecular weight is 332 g/mol. The number of hydrogen-bond acceptors (Lipinski definition) is 2. The molecular formula is C19H15F3O2. The van der Waals surface area contributed by atoms with Crippen LogP contribution in [0.3, 0.4) is 0 Å². The van der Waals surface area contributed by atoms with E-state index in [4.69, 9.17) is 0 Å². The summed E-state index contributed by atoms with van der Waals surface area (Å²) in [5, 5.41) is 0. The van der Waals surface area contributed by atoms with Crippen LogP contribution in [0.25, 0.3) is 0 Å². The van der Waals surface area contributed by atoms with Crippen molar-refractivity contribution < 1.29 is 22.7 Å².